The van der Waals surface area contributed by atoms with Gasteiger partial charge in [0.1, 0.15) is 0 Å². The van der Waals surface area contributed by atoms with Crippen LogP contribution in [0.15, 0.2) is 24.8 Å². The first-order chi connectivity index (χ1) is 8.91. The maximum atomic E-state index is 3.83. The maximum Gasteiger partial charge on any atom is -0.0351 e. The number of hydrogen-bond donors (Lipinski definition) is 0. The van der Waals surface area contributed by atoms with Crippen LogP contribution in [0, 0.1) is 6.92 Å². The van der Waals surface area contributed by atoms with E-state index in [2.05, 4.69) is 25.7 Å². The summed E-state index contributed by atoms with van der Waals surface area (Å²) in [5.41, 5.74) is 0. The molecule has 0 aromatic carbocycles. The van der Waals surface area contributed by atoms with Gasteiger partial charge in [0.25, 0.3) is 0 Å². The van der Waals surface area contributed by atoms with E-state index in [-0.39, 0.29) is 0 Å². The third-order valence-electron chi connectivity index (χ3n) is 3.32. The predicted octanol–water partition coefficient (Wildman–Crippen LogP) is 6.63. The van der Waals surface area contributed by atoms with Crippen molar-refractivity contribution in [3.8, 4) is 0 Å². The molecule has 0 saturated heterocycles. The van der Waals surface area contributed by atoms with Crippen LogP contribution in [0.3, 0.4) is 0 Å². The molecule has 0 bridgehead atoms. The Labute approximate surface area is 116 Å². The van der Waals surface area contributed by atoms with Crippen molar-refractivity contribution in [1.82, 2.24) is 0 Å². The SMILES string of the molecule is [CH2]CCC=CCCCCCCCCCCCC=C. The number of rotatable bonds is 14. The second-order valence-corrected chi connectivity index (χ2v) is 5.16. The highest BCUT2D eigenvalue weighted by molar-refractivity contribution is 4.81. The fraction of sp³-hybridized carbons (Fsp3) is 0.722. The van der Waals surface area contributed by atoms with Gasteiger partial charge in [-0.15, -0.1) is 6.58 Å². The van der Waals surface area contributed by atoms with Crippen molar-refractivity contribution in [2.75, 3.05) is 0 Å². The van der Waals surface area contributed by atoms with Gasteiger partial charge in [-0.3, -0.25) is 0 Å². The van der Waals surface area contributed by atoms with Crippen molar-refractivity contribution in [2.45, 2.75) is 83.5 Å². The molecule has 0 aliphatic carbocycles. The lowest BCUT2D eigenvalue weighted by atomic mass is 10.1. The van der Waals surface area contributed by atoms with Gasteiger partial charge >= 0.3 is 0 Å². The maximum absolute atomic E-state index is 3.83. The summed E-state index contributed by atoms with van der Waals surface area (Å²) in [7, 11) is 0. The monoisotopic (exact) mass is 249 g/mol. The van der Waals surface area contributed by atoms with Gasteiger partial charge < -0.3 is 0 Å². The predicted molar refractivity (Wildman–Crippen MR) is 84.7 cm³/mol. The van der Waals surface area contributed by atoms with Gasteiger partial charge in [0.15, 0.2) is 0 Å². The summed E-state index contributed by atoms with van der Waals surface area (Å²) in [5.74, 6) is 0. The molecule has 18 heavy (non-hydrogen) atoms. The van der Waals surface area contributed by atoms with Gasteiger partial charge in [-0.25, -0.2) is 0 Å². The van der Waals surface area contributed by atoms with E-state index in [1.165, 1.54) is 70.6 Å². The normalized spacial score (nSPS) is 11.2. The fourth-order valence-corrected chi connectivity index (χ4v) is 2.14. The Kier molecular flexibility index (Phi) is 16.0. The highest BCUT2D eigenvalue weighted by Gasteiger charge is 1.91. The largest absolute Gasteiger partial charge is 0.103 e. The molecule has 105 valence electrons. The standard InChI is InChI=1S/C18H33/c1-3-5-7-9-11-13-15-17-18-16-14-12-10-8-6-4-2/h3,8,10H,1-2,4-7,9,11-18H2. The molecule has 0 spiro atoms. The van der Waals surface area contributed by atoms with Crippen molar-refractivity contribution in [3.63, 3.8) is 0 Å². The Hall–Kier alpha value is -0.520. The molecule has 1 radical (unpaired) electrons. The Morgan fingerprint density at radius 2 is 1.00 bits per heavy atom. The lowest BCUT2D eigenvalue weighted by Gasteiger charge is -2.01. The van der Waals surface area contributed by atoms with E-state index in [4.69, 9.17) is 0 Å². The lowest BCUT2D eigenvalue weighted by Crippen LogP contribution is -1.81. The van der Waals surface area contributed by atoms with Crippen molar-refractivity contribution in [3.05, 3.63) is 31.7 Å². The molecule has 0 aromatic rings. The first-order valence-electron chi connectivity index (χ1n) is 7.97. The third kappa shape index (κ3) is 15.5. The minimum atomic E-state index is 1.03. The van der Waals surface area contributed by atoms with Crippen LogP contribution in [0.2, 0.25) is 0 Å². The van der Waals surface area contributed by atoms with Crippen molar-refractivity contribution in [1.29, 1.82) is 0 Å². The zero-order chi connectivity index (χ0) is 13.3. The minimum Gasteiger partial charge on any atom is -0.103 e. The van der Waals surface area contributed by atoms with E-state index in [0.717, 1.165) is 12.8 Å². The average Bonchev–Trinajstić information content (AvgIpc) is 2.39. The van der Waals surface area contributed by atoms with E-state index in [1.807, 2.05) is 6.08 Å². The summed E-state index contributed by atoms with van der Waals surface area (Å²) in [6.07, 6.45) is 23.9. The first-order valence-corrected chi connectivity index (χ1v) is 7.97. The van der Waals surface area contributed by atoms with Gasteiger partial charge in [-0.2, -0.15) is 0 Å². The van der Waals surface area contributed by atoms with Crippen molar-refractivity contribution < 1.29 is 0 Å². The molecule has 0 saturated carbocycles. The molecule has 0 aliphatic rings. The summed E-state index contributed by atoms with van der Waals surface area (Å²) in [6.45, 7) is 7.58. The molecule has 0 aliphatic heterocycles. The molecule has 0 heterocycles. The summed E-state index contributed by atoms with van der Waals surface area (Å²) in [5, 5.41) is 0. The van der Waals surface area contributed by atoms with Gasteiger partial charge in [0.05, 0.1) is 0 Å². The molecule has 0 N–H and O–H groups in total. The number of unbranched alkanes of at least 4 members (excludes halogenated alkanes) is 11. The molecular formula is C18H33. The molecule has 0 amide bonds. The summed E-state index contributed by atoms with van der Waals surface area (Å²) >= 11 is 0. The van der Waals surface area contributed by atoms with E-state index >= 15 is 0 Å². The zero-order valence-electron chi connectivity index (χ0n) is 12.3. The van der Waals surface area contributed by atoms with Gasteiger partial charge in [-0.05, 0) is 38.5 Å². The third-order valence-corrected chi connectivity index (χ3v) is 3.32. The van der Waals surface area contributed by atoms with Crippen LogP contribution in [0.1, 0.15) is 83.5 Å². The summed E-state index contributed by atoms with van der Waals surface area (Å²) in [4.78, 5) is 0. The molecule has 0 rings (SSSR count). The topological polar surface area (TPSA) is 0 Å². The molecule has 0 nitrogen and oxygen atoms in total. The number of hydrogen-bond acceptors (Lipinski definition) is 0. The molecule has 0 fully saturated rings. The van der Waals surface area contributed by atoms with Gasteiger partial charge in [-0.1, -0.05) is 70.1 Å². The molecule has 0 aromatic heterocycles. The Balaban J connectivity index is 2.96. The second kappa shape index (κ2) is 16.5. The van der Waals surface area contributed by atoms with Crippen LogP contribution in [0.4, 0.5) is 0 Å². The second-order valence-electron chi connectivity index (χ2n) is 5.16. The zero-order valence-corrected chi connectivity index (χ0v) is 12.3. The minimum absolute atomic E-state index is 1.03. The Morgan fingerprint density at radius 3 is 1.50 bits per heavy atom. The van der Waals surface area contributed by atoms with Crippen LogP contribution in [0.25, 0.3) is 0 Å². The molecule has 0 atom stereocenters. The van der Waals surface area contributed by atoms with Crippen LogP contribution in [-0.4, -0.2) is 0 Å². The van der Waals surface area contributed by atoms with Gasteiger partial charge in [0, 0.05) is 0 Å². The average molecular weight is 249 g/mol. The smallest absolute Gasteiger partial charge is 0.0351 e. The number of allylic oxidation sites excluding steroid dienone is 3. The van der Waals surface area contributed by atoms with Crippen molar-refractivity contribution >= 4 is 0 Å². The summed E-state index contributed by atoms with van der Waals surface area (Å²) < 4.78 is 0. The lowest BCUT2D eigenvalue weighted by molar-refractivity contribution is 0.561. The quantitative estimate of drug-likeness (QED) is 0.239. The Bertz CT molecular complexity index is 178. The van der Waals surface area contributed by atoms with E-state index in [1.54, 1.807) is 0 Å². The van der Waals surface area contributed by atoms with Crippen LogP contribution in [-0.2, 0) is 0 Å². The van der Waals surface area contributed by atoms with Crippen LogP contribution in [0.5, 0.6) is 0 Å². The van der Waals surface area contributed by atoms with Gasteiger partial charge in [0.2, 0.25) is 0 Å². The van der Waals surface area contributed by atoms with Crippen LogP contribution < -0.4 is 0 Å². The summed E-state index contributed by atoms with van der Waals surface area (Å²) in [6, 6.07) is 0. The van der Waals surface area contributed by atoms with E-state index in [0.29, 0.717) is 0 Å². The van der Waals surface area contributed by atoms with Crippen molar-refractivity contribution in [2.24, 2.45) is 0 Å². The molecule has 0 unspecified atom stereocenters. The highest BCUT2D eigenvalue weighted by Crippen LogP contribution is 2.11. The van der Waals surface area contributed by atoms with Crippen LogP contribution >= 0.6 is 0 Å². The van der Waals surface area contributed by atoms with E-state index in [9.17, 15) is 0 Å². The van der Waals surface area contributed by atoms with E-state index < -0.39 is 0 Å². The fourth-order valence-electron chi connectivity index (χ4n) is 2.14. The highest BCUT2D eigenvalue weighted by atomic mass is 14.0. The molecule has 0 heteroatoms. The first kappa shape index (κ1) is 17.5. The molecular weight excluding hydrogens is 216 g/mol. The Morgan fingerprint density at radius 1 is 0.556 bits per heavy atom.